The van der Waals surface area contributed by atoms with Crippen molar-refractivity contribution in [2.75, 3.05) is 6.54 Å². The number of carbonyl (C=O) groups excluding carboxylic acids is 1. The van der Waals surface area contributed by atoms with Gasteiger partial charge in [0, 0.05) is 0 Å². The zero-order chi connectivity index (χ0) is 9.23. The molecule has 0 aliphatic carbocycles. The van der Waals surface area contributed by atoms with Crippen molar-refractivity contribution in [3.8, 4) is 0 Å². The zero-order valence-electron chi connectivity index (χ0n) is 7.51. The maximum Gasteiger partial charge on any atom is 0.145 e. The first-order valence-corrected chi connectivity index (χ1v) is 4.50. The summed E-state index contributed by atoms with van der Waals surface area (Å²) in [6.45, 7) is 0.774. The van der Waals surface area contributed by atoms with Crippen LogP contribution in [0, 0.1) is 0 Å². The van der Waals surface area contributed by atoms with E-state index in [0.717, 1.165) is 25.8 Å². The third kappa shape index (κ3) is 7.32. The van der Waals surface area contributed by atoms with Gasteiger partial charge in [-0.25, -0.2) is 4.79 Å². The summed E-state index contributed by atoms with van der Waals surface area (Å²) in [6.07, 6.45) is 6.27. The highest BCUT2D eigenvalue weighted by Gasteiger charge is 1.92. The van der Waals surface area contributed by atoms with Gasteiger partial charge in [0.05, 0.1) is 5.70 Å². The minimum Gasteiger partial charge on any atom is -0.393 e. The molecule has 0 aliphatic heterocycles. The van der Waals surface area contributed by atoms with Crippen LogP contribution in [0.15, 0.2) is 5.70 Å². The lowest BCUT2D eigenvalue weighted by Crippen LogP contribution is -1.99. The zero-order valence-corrected chi connectivity index (χ0v) is 7.51. The van der Waals surface area contributed by atoms with Crippen molar-refractivity contribution in [2.24, 2.45) is 11.5 Å². The fraction of sp³-hybridized carbons (Fsp3) is 0.778. The molecule has 0 aromatic rings. The van der Waals surface area contributed by atoms with Crippen LogP contribution in [-0.4, -0.2) is 12.5 Å². The second-order valence-electron chi connectivity index (χ2n) is 2.93. The molecule has 0 radical (unpaired) electrons. The van der Waals surface area contributed by atoms with Crippen LogP contribution in [0.4, 0.5) is 0 Å². The summed E-state index contributed by atoms with van der Waals surface area (Å²) in [5, 5.41) is 0. The lowest BCUT2D eigenvalue weighted by molar-refractivity contribution is 0.563. The molecular formula is C9H18N2O. The molecule has 0 rings (SSSR count). The van der Waals surface area contributed by atoms with Crippen LogP contribution in [0.3, 0.4) is 0 Å². The first-order valence-electron chi connectivity index (χ1n) is 4.50. The molecule has 0 amide bonds. The predicted octanol–water partition coefficient (Wildman–Crippen LogP) is 0.960. The van der Waals surface area contributed by atoms with Gasteiger partial charge in [-0.3, -0.25) is 0 Å². The average Bonchev–Trinajstić information content (AvgIpc) is 2.10. The normalized spacial score (nSPS) is 9.42. The smallest absolute Gasteiger partial charge is 0.145 e. The maximum atomic E-state index is 9.97. The van der Waals surface area contributed by atoms with Crippen molar-refractivity contribution in [1.29, 1.82) is 0 Å². The molecular weight excluding hydrogens is 152 g/mol. The van der Waals surface area contributed by atoms with Crippen molar-refractivity contribution in [3.05, 3.63) is 5.70 Å². The Labute approximate surface area is 73.8 Å². The van der Waals surface area contributed by atoms with Crippen molar-refractivity contribution < 1.29 is 4.79 Å². The number of unbranched alkanes of at least 4 members (excludes halogenated alkanes) is 4. The van der Waals surface area contributed by atoms with Gasteiger partial charge in [-0.2, -0.15) is 0 Å². The predicted molar refractivity (Wildman–Crippen MR) is 50.2 cm³/mol. The Hall–Kier alpha value is -0.790. The molecule has 0 saturated carbocycles. The monoisotopic (exact) mass is 170 g/mol. The minimum absolute atomic E-state index is 0.342. The molecule has 0 fully saturated rings. The van der Waals surface area contributed by atoms with Crippen LogP contribution >= 0.6 is 0 Å². The highest BCUT2D eigenvalue weighted by atomic mass is 16.1. The first-order chi connectivity index (χ1) is 5.81. The van der Waals surface area contributed by atoms with E-state index >= 15 is 0 Å². The van der Waals surface area contributed by atoms with E-state index in [1.165, 1.54) is 12.8 Å². The summed E-state index contributed by atoms with van der Waals surface area (Å²) in [7, 11) is 0. The summed E-state index contributed by atoms with van der Waals surface area (Å²) in [5.74, 6) is 1.69. The molecule has 3 heteroatoms. The molecule has 0 unspecified atom stereocenters. The van der Waals surface area contributed by atoms with Gasteiger partial charge in [0.1, 0.15) is 5.94 Å². The van der Waals surface area contributed by atoms with E-state index < -0.39 is 0 Å². The van der Waals surface area contributed by atoms with Crippen molar-refractivity contribution >= 4 is 5.94 Å². The summed E-state index contributed by atoms with van der Waals surface area (Å²) in [6, 6.07) is 0. The Kier molecular flexibility index (Phi) is 7.76. The highest BCUT2D eigenvalue weighted by Crippen LogP contribution is 2.06. The largest absolute Gasteiger partial charge is 0.393 e. The topological polar surface area (TPSA) is 69.1 Å². The number of nitrogens with two attached hydrogens (primary N) is 2. The molecule has 0 aliphatic rings. The van der Waals surface area contributed by atoms with E-state index in [4.69, 9.17) is 11.5 Å². The Balaban J connectivity index is 3.06. The lowest BCUT2D eigenvalue weighted by Gasteiger charge is -1.98. The van der Waals surface area contributed by atoms with Gasteiger partial charge in [0.15, 0.2) is 0 Å². The van der Waals surface area contributed by atoms with Gasteiger partial charge in [0.2, 0.25) is 0 Å². The molecule has 0 spiro atoms. The second-order valence-corrected chi connectivity index (χ2v) is 2.93. The maximum absolute atomic E-state index is 9.97. The summed E-state index contributed by atoms with van der Waals surface area (Å²) in [4.78, 5) is 9.97. The van der Waals surface area contributed by atoms with E-state index in [1.807, 2.05) is 0 Å². The molecule has 3 nitrogen and oxygen atoms in total. The number of hydrogen-bond acceptors (Lipinski definition) is 3. The van der Waals surface area contributed by atoms with Crippen LogP contribution in [0.25, 0.3) is 0 Å². The molecule has 0 aromatic heterocycles. The lowest BCUT2D eigenvalue weighted by atomic mass is 10.1. The summed E-state index contributed by atoms with van der Waals surface area (Å²) >= 11 is 0. The van der Waals surface area contributed by atoms with E-state index in [1.54, 1.807) is 5.94 Å². The van der Waals surface area contributed by atoms with Crippen LogP contribution in [-0.2, 0) is 4.79 Å². The second kappa shape index (κ2) is 8.31. The molecule has 0 atom stereocenters. The molecule has 12 heavy (non-hydrogen) atoms. The van der Waals surface area contributed by atoms with Crippen LogP contribution in [0.1, 0.15) is 38.5 Å². The van der Waals surface area contributed by atoms with Crippen molar-refractivity contribution in [3.63, 3.8) is 0 Å². The SMILES string of the molecule is NCCCCCCCC(N)=C=O. The molecule has 0 saturated heterocycles. The summed E-state index contributed by atoms with van der Waals surface area (Å²) in [5.41, 5.74) is 11.0. The van der Waals surface area contributed by atoms with Gasteiger partial charge < -0.3 is 11.5 Å². The molecule has 0 aromatic carbocycles. The van der Waals surface area contributed by atoms with Gasteiger partial charge in [-0.05, 0) is 25.8 Å². The fourth-order valence-electron chi connectivity index (χ4n) is 1.04. The van der Waals surface area contributed by atoms with Gasteiger partial charge >= 0.3 is 0 Å². The highest BCUT2D eigenvalue weighted by molar-refractivity contribution is 5.50. The quantitative estimate of drug-likeness (QED) is 0.441. The van der Waals surface area contributed by atoms with Crippen LogP contribution < -0.4 is 11.5 Å². The summed E-state index contributed by atoms with van der Waals surface area (Å²) < 4.78 is 0. The van der Waals surface area contributed by atoms with E-state index in [2.05, 4.69) is 0 Å². The third-order valence-electron chi connectivity index (χ3n) is 1.78. The minimum atomic E-state index is 0.342. The number of hydrogen-bond donors (Lipinski definition) is 2. The van der Waals surface area contributed by atoms with Crippen molar-refractivity contribution in [2.45, 2.75) is 38.5 Å². The standard InChI is InChI=1S/C9H18N2O/c10-7-5-3-1-2-4-6-9(11)8-12/h1-7,10-11H2. The molecule has 0 bridgehead atoms. The number of rotatable bonds is 7. The van der Waals surface area contributed by atoms with Gasteiger partial charge in [-0.1, -0.05) is 19.3 Å². The fourth-order valence-corrected chi connectivity index (χ4v) is 1.04. The van der Waals surface area contributed by atoms with E-state index in [9.17, 15) is 4.79 Å². The number of allylic oxidation sites excluding steroid dienone is 1. The Morgan fingerprint density at radius 2 is 1.67 bits per heavy atom. The van der Waals surface area contributed by atoms with Crippen LogP contribution in [0.2, 0.25) is 0 Å². The van der Waals surface area contributed by atoms with Gasteiger partial charge in [-0.15, -0.1) is 0 Å². The molecule has 70 valence electrons. The average molecular weight is 170 g/mol. The van der Waals surface area contributed by atoms with Crippen LogP contribution in [0.5, 0.6) is 0 Å². The van der Waals surface area contributed by atoms with Gasteiger partial charge in [0.25, 0.3) is 0 Å². The van der Waals surface area contributed by atoms with E-state index in [0.29, 0.717) is 12.1 Å². The van der Waals surface area contributed by atoms with E-state index in [-0.39, 0.29) is 0 Å². The Morgan fingerprint density at radius 1 is 1.08 bits per heavy atom. The Morgan fingerprint density at radius 3 is 2.25 bits per heavy atom. The Bertz CT molecular complexity index is 151. The molecule has 4 N–H and O–H groups in total. The molecule has 0 heterocycles. The first kappa shape index (κ1) is 11.2. The van der Waals surface area contributed by atoms with Crippen molar-refractivity contribution in [1.82, 2.24) is 0 Å². The third-order valence-corrected chi connectivity index (χ3v) is 1.78.